The molecule has 1 rings (SSSR count). The van der Waals surface area contributed by atoms with E-state index in [0.717, 1.165) is 32.4 Å². The van der Waals surface area contributed by atoms with Crippen molar-refractivity contribution < 1.29 is 13.2 Å². The van der Waals surface area contributed by atoms with E-state index in [0.29, 0.717) is 19.6 Å². The predicted octanol–water partition coefficient (Wildman–Crippen LogP) is 0.552. The highest BCUT2D eigenvalue weighted by Gasteiger charge is 2.24. The van der Waals surface area contributed by atoms with Gasteiger partial charge in [0.1, 0.15) is 0 Å². The first kappa shape index (κ1) is 18.4. The summed E-state index contributed by atoms with van der Waals surface area (Å²) in [6, 6.07) is 0. The summed E-state index contributed by atoms with van der Waals surface area (Å²) >= 11 is 0. The summed E-state index contributed by atoms with van der Waals surface area (Å²) in [5.74, 6) is 0.339. The van der Waals surface area contributed by atoms with Crippen LogP contribution in [-0.2, 0) is 14.8 Å². The van der Waals surface area contributed by atoms with Crippen LogP contribution in [0.2, 0.25) is 0 Å². The maximum atomic E-state index is 11.8. The molecule has 0 spiro atoms. The molecule has 1 fully saturated rings. The molecule has 6 nitrogen and oxygen atoms in total. The van der Waals surface area contributed by atoms with E-state index >= 15 is 0 Å². The zero-order chi connectivity index (χ0) is 15.9. The minimum atomic E-state index is -3.20. The molecule has 1 aliphatic rings. The normalized spacial score (nSPS) is 20.7. The molecule has 1 saturated heterocycles. The summed E-state index contributed by atoms with van der Waals surface area (Å²) in [6.07, 6.45) is 2.95. The van der Waals surface area contributed by atoms with Crippen molar-refractivity contribution in [2.24, 2.45) is 5.92 Å². The molecule has 2 N–H and O–H groups in total. The van der Waals surface area contributed by atoms with E-state index in [4.69, 9.17) is 0 Å². The Labute approximate surface area is 128 Å². The smallest absolute Gasteiger partial charge is 0.234 e. The van der Waals surface area contributed by atoms with Crippen molar-refractivity contribution >= 4 is 15.9 Å². The number of sulfonamides is 1. The lowest BCUT2D eigenvalue weighted by molar-refractivity contribution is -0.122. The van der Waals surface area contributed by atoms with E-state index in [2.05, 4.69) is 14.9 Å². The fourth-order valence-corrected chi connectivity index (χ4v) is 3.19. The predicted molar refractivity (Wildman–Crippen MR) is 84.5 cm³/mol. The molecule has 0 aromatic rings. The first-order valence-corrected chi connectivity index (χ1v) is 9.37. The maximum absolute atomic E-state index is 11.8. The van der Waals surface area contributed by atoms with Gasteiger partial charge >= 0.3 is 0 Å². The topological polar surface area (TPSA) is 78.5 Å². The Hall–Kier alpha value is -0.660. The van der Waals surface area contributed by atoms with Crippen LogP contribution < -0.4 is 10.0 Å². The minimum Gasteiger partial charge on any atom is -0.355 e. The summed E-state index contributed by atoms with van der Waals surface area (Å²) in [5.41, 5.74) is 0. The van der Waals surface area contributed by atoms with Gasteiger partial charge in [-0.25, -0.2) is 13.1 Å². The average molecular weight is 319 g/mol. The van der Waals surface area contributed by atoms with Crippen LogP contribution in [0.3, 0.4) is 0 Å². The van der Waals surface area contributed by atoms with Crippen LogP contribution >= 0.6 is 0 Å². The van der Waals surface area contributed by atoms with E-state index in [1.807, 2.05) is 6.92 Å². The fourth-order valence-electron chi connectivity index (χ4n) is 2.39. The molecule has 0 radical (unpaired) electrons. The number of carbonyl (C=O) groups excluding carboxylic acids is 1. The highest BCUT2D eigenvalue weighted by molar-refractivity contribution is 7.90. The quantitative estimate of drug-likeness (QED) is 0.685. The number of rotatable bonds is 8. The van der Waals surface area contributed by atoms with Crippen molar-refractivity contribution in [1.29, 1.82) is 0 Å². The van der Waals surface area contributed by atoms with Gasteiger partial charge in [0.05, 0.1) is 11.8 Å². The number of hydrogen-bond donors (Lipinski definition) is 2. The molecular weight excluding hydrogens is 290 g/mol. The van der Waals surface area contributed by atoms with Crippen LogP contribution in [0.15, 0.2) is 0 Å². The van der Waals surface area contributed by atoms with Crippen LogP contribution in [0, 0.1) is 5.92 Å². The summed E-state index contributed by atoms with van der Waals surface area (Å²) in [7, 11) is -3.20. The Balaban J connectivity index is 2.37. The minimum absolute atomic E-state index is 0.0558. The van der Waals surface area contributed by atoms with E-state index in [1.54, 1.807) is 13.8 Å². The van der Waals surface area contributed by atoms with Gasteiger partial charge in [0.2, 0.25) is 15.9 Å². The Kier molecular flexibility index (Phi) is 7.62. The van der Waals surface area contributed by atoms with Crippen molar-refractivity contribution in [1.82, 2.24) is 14.9 Å². The zero-order valence-electron chi connectivity index (χ0n) is 13.4. The number of nitrogens with zero attached hydrogens (tertiary/aromatic N) is 1. The second-order valence-corrected chi connectivity index (χ2v) is 8.36. The standard InChI is InChI=1S/C14H29N3O3S/c1-4-7-15-14(18)11-17-8-5-6-13(10-17)9-16-21(19,20)12(2)3/h12-13,16H,4-11H2,1-3H3,(H,15,18)/t13-/m1/s1. The second-order valence-electron chi connectivity index (χ2n) is 6.04. The highest BCUT2D eigenvalue weighted by atomic mass is 32.2. The lowest BCUT2D eigenvalue weighted by Gasteiger charge is -2.32. The van der Waals surface area contributed by atoms with Crippen molar-refractivity contribution in [3.8, 4) is 0 Å². The van der Waals surface area contributed by atoms with Gasteiger partial charge in [-0.2, -0.15) is 0 Å². The molecule has 0 aliphatic carbocycles. The molecule has 1 amide bonds. The largest absolute Gasteiger partial charge is 0.355 e. The molecule has 0 unspecified atom stereocenters. The Bertz CT molecular complexity index is 423. The second kappa shape index (κ2) is 8.70. The van der Waals surface area contributed by atoms with Gasteiger partial charge in [0.25, 0.3) is 0 Å². The summed E-state index contributed by atoms with van der Waals surface area (Å²) in [5, 5.41) is 2.47. The van der Waals surface area contributed by atoms with E-state index in [1.165, 1.54) is 0 Å². The summed E-state index contributed by atoms with van der Waals surface area (Å²) in [6.45, 7) is 8.65. The van der Waals surface area contributed by atoms with Crippen LogP contribution in [0.4, 0.5) is 0 Å². The number of hydrogen-bond acceptors (Lipinski definition) is 4. The average Bonchev–Trinajstić information content (AvgIpc) is 2.43. The molecule has 1 aliphatic heterocycles. The number of nitrogens with one attached hydrogen (secondary N) is 2. The number of piperidine rings is 1. The third-order valence-electron chi connectivity index (χ3n) is 3.74. The first-order chi connectivity index (χ1) is 9.85. The summed E-state index contributed by atoms with van der Waals surface area (Å²) < 4.78 is 26.2. The Morgan fingerprint density at radius 3 is 2.71 bits per heavy atom. The summed E-state index contributed by atoms with van der Waals surface area (Å²) in [4.78, 5) is 13.8. The van der Waals surface area contributed by atoms with Gasteiger partial charge in [0.15, 0.2) is 0 Å². The van der Waals surface area contributed by atoms with Gasteiger partial charge in [-0.05, 0) is 45.6 Å². The van der Waals surface area contributed by atoms with E-state index in [9.17, 15) is 13.2 Å². The third kappa shape index (κ3) is 6.76. The molecule has 1 atom stereocenters. The lowest BCUT2D eigenvalue weighted by Crippen LogP contribution is -2.45. The van der Waals surface area contributed by atoms with Crippen LogP contribution in [0.5, 0.6) is 0 Å². The van der Waals surface area contributed by atoms with Crippen molar-refractivity contribution in [2.45, 2.75) is 45.3 Å². The molecule has 21 heavy (non-hydrogen) atoms. The molecular formula is C14H29N3O3S. The van der Waals surface area contributed by atoms with Crippen molar-refractivity contribution in [3.05, 3.63) is 0 Å². The van der Waals surface area contributed by atoms with E-state index in [-0.39, 0.29) is 11.8 Å². The molecule has 7 heteroatoms. The molecule has 1 heterocycles. The molecule has 0 aromatic carbocycles. The molecule has 0 aromatic heterocycles. The monoisotopic (exact) mass is 319 g/mol. The third-order valence-corrected chi connectivity index (χ3v) is 5.55. The highest BCUT2D eigenvalue weighted by Crippen LogP contribution is 2.16. The zero-order valence-corrected chi connectivity index (χ0v) is 14.2. The maximum Gasteiger partial charge on any atom is 0.234 e. The van der Waals surface area contributed by atoms with Gasteiger partial charge in [-0.1, -0.05) is 6.92 Å². The number of likely N-dealkylation sites (tertiary alicyclic amines) is 1. The molecule has 0 bridgehead atoms. The lowest BCUT2D eigenvalue weighted by atomic mass is 9.98. The van der Waals surface area contributed by atoms with Crippen molar-refractivity contribution in [2.75, 3.05) is 32.7 Å². The molecule has 0 saturated carbocycles. The number of carbonyl (C=O) groups is 1. The number of amides is 1. The molecule has 124 valence electrons. The first-order valence-electron chi connectivity index (χ1n) is 7.82. The fraction of sp³-hybridized carbons (Fsp3) is 0.929. The van der Waals surface area contributed by atoms with E-state index < -0.39 is 15.3 Å². The van der Waals surface area contributed by atoms with Gasteiger partial charge < -0.3 is 5.32 Å². The van der Waals surface area contributed by atoms with Gasteiger partial charge in [0, 0.05) is 19.6 Å². The van der Waals surface area contributed by atoms with Gasteiger partial charge in [-0.15, -0.1) is 0 Å². The SMILES string of the molecule is CCCNC(=O)CN1CCC[C@H](CNS(=O)(=O)C(C)C)C1. The van der Waals surface area contributed by atoms with Crippen LogP contribution in [0.1, 0.15) is 40.0 Å². The van der Waals surface area contributed by atoms with Crippen LogP contribution in [0.25, 0.3) is 0 Å². The van der Waals surface area contributed by atoms with Crippen LogP contribution in [-0.4, -0.2) is 57.2 Å². The van der Waals surface area contributed by atoms with Crippen molar-refractivity contribution in [3.63, 3.8) is 0 Å². The Morgan fingerprint density at radius 2 is 2.10 bits per heavy atom. The van der Waals surface area contributed by atoms with Gasteiger partial charge in [-0.3, -0.25) is 9.69 Å². The Morgan fingerprint density at radius 1 is 1.38 bits per heavy atom.